The van der Waals surface area contributed by atoms with Crippen LogP contribution in [0.25, 0.3) is 0 Å². The second-order valence-electron chi connectivity index (χ2n) is 6.69. The number of benzene rings is 2. The molecule has 2 atom stereocenters. The van der Waals surface area contributed by atoms with Crippen LogP contribution in [0.1, 0.15) is 13.3 Å². The van der Waals surface area contributed by atoms with Gasteiger partial charge in [-0.3, -0.25) is 14.4 Å². The van der Waals surface area contributed by atoms with Crippen LogP contribution in [0.15, 0.2) is 53.4 Å². The van der Waals surface area contributed by atoms with E-state index in [-0.39, 0.29) is 24.6 Å². The zero-order valence-corrected chi connectivity index (χ0v) is 16.9. The lowest BCUT2D eigenvalue weighted by Crippen LogP contribution is -2.33. The van der Waals surface area contributed by atoms with Crippen molar-refractivity contribution in [2.75, 3.05) is 23.0 Å². The summed E-state index contributed by atoms with van der Waals surface area (Å²) >= 11 is 1.57. The van der Waals surface area contributed by atoms with Crippen LogP contribution in [0.3, 0.4) is 0 Å². The largest absolute Gasteiger partial charge is 0.452 e. The molecule has 0 aliphatic carbocycles. The van der Waals surface area contributed by atoms with Gasteiger partial charge in [0.1, 0.15) is 5.82 Å². The van der Waals surface area contributed by atoms with Crippen LogP contribution in [0.4, 0.5) is 15.8 Å². The number of anilines is 2. The smallest absolute Gasteiger partial charge is 0.312 e. The highest BCUT2D eigenvalue weighted by atomic mass is 32.2. The fraction of sp³-hybridized carbons (Fsp3) is 0.286. The Kier molecular flexibility index (Phi) is 6.53. The second-order valence-corrected chi connectivity index (χ2v) is 7.57. The van der Waals surface area contributed by atoms with Crippen molar-refractivity contribution in [2.45, 2.75) is 24.3 Å². The van der Waals surface area contributed by atoms with Gasteiger partial charge in [0.15, 0.2) is 6.10 Å². The Labute approximate surface area is 172 Å². The first-order valence-electron chi connectivity index (χ1n) is 9.08. The van der Waals surface area contributed by atoms with Gasteiger partial charge >= 0.3 is 5.97 Å². The number of rotatable bonds is 6. The van der Waals surface area contributed by atoms with Crippen molar-refractivity contribution < 1.29 is 23.5 Å². The van der Waals surface area contributed by atoms with E-state index in [1.54, 1.807) is 16.7 Å². The molecule has 2 amide bonds. The van der Waals surface area contributed by atoms with Crippen LogP contribution in [0.5, 0.6) is 0 Å². The Hall–Kier alpha value is -2.87. The highest BCUT2D eigenvalue weighted by Crippen LogP contribution is 2.29. The van der Waals surface area contributed by atoms with Crippen LogP contribution in [-0.4, -0.2) is 36.7 Å². The van der Waals surface area contributed by atoms with Crippen molar-refractivity contribution in [3.63, 3.8) is 0 Å². The normalized spacial score (nSPS) is 17.1. The van der Waals surface area contributed by atoms with Crippen molar-refractivity contribution in [1.29, 1.82) is 0 Å². The van der Waals surface area contributed by atoms with Gasteiger partial charge in [0.25, 0.3) is 5.91 Å². The molecule has 8 heteroatoms. The molecule has 0 spiro atoms. The standard InChI is InChI=1S/C21H21FN2O4S/c1-13(20(26)23-16-6-3-5-15(22)10-16)28-21(27)14-9-19(25)24(12-14)17-7-4-8-18(11-17)29-2/h3-8,10-11,13-14H,9,12H2,1-2H3,(H,23,26)/t13-,14+/m0/s1. The molecule has 1 N–H and O–H groups in total. The van der Waals surface area contributed by atoms with E-state index in [0.717, 1.165) is 10.6 Å². The summed E-state index contributed by atoms with van der Waals surface area (Å²) in [5.74, 6) is -2.48. The number of ether oxygens (including phenoxy) is 1. The summed E-state index contributed by atoms with van der Waals surface area (Å²) in [5, 5.41) is 2.50. The molecule has 0 aromatic heterocycles. The molecule has 152 valence electrons. The number of thioether (sulfide) groups is 1. The number of hydrogen-bond donors (Lipinski definition) is 1. The van der Waals surface area contributed by atoms with Crippen molar-refractivity contribution in [2.24, 2.45) is 5.92 Å². The van der Waals surface area contributed by atoms with Crippen LogP contribution in [0, 0.1) is 11.7 Å². The average molecular weight is 416 g/mol. The quantitative estimate of drug-likeness (QED) is 0.577. The van der Waals surface area contributed by atoms with E-state index in [1.807, 2.05) is 30.5 Å². The SMILES string of the molecule is CSc1cccc(N2C[C@H](C(=O)O[C@@H](C)C(=O)Nc3cccc(F)c3)CC2=O)c1. The van der Waals surface area contributed by atoms with E-state index in [1.165, 1.54) is 31.2 Å². The number of nitrogens with zero attached hydrogens (tertiary/aromatic N) is 1. The Balaban J connectivity index is 1.59. The van der Waals surface area contributed by atoms with E-state index >= 15 is 0 Å². The van der Waals surface area contributed by atoms with E-state index in [2.05, 4.69) is 5.32 Å². The third-order valence-electron chi connectivity index (χ3n) is 4.58. The molecular weight excluding hydrogens is 395 g/mol. The zero-order valence-electron chi connectivity index (χ0n) is 16.1. The summed E-state index contributed by atoms with van der Waals surface area (Å²) in [6.45, 7) is 1.64. The van der Waals surface area contributed by atoms with Gasteiger partial charge in [-0.25, -0.2) is 4.39 Å². The summed E-state index contributed by atoms with van der Waals surface area (Å²) in [6, 6.07) is 12.9. The first kappa shape index (κ1) is 20.9. The van der Waals surface area contributed by atoms with Crippen LogP contribution >= 0.6 is 11.8 Å². The summed E-state index contributed by atoms with van der Waals surface area (Å²) in [4.78, 5) is 39.6. The summed E-state index contributed by atoms with van der Waals surface area (Å²) in [7, 11) is 0. The topological polar surface area (TPSA) is 75.7 Å². The number of hydrogen-bond acceptors (Lipinski definition) is 5. The lowest BCUT2D eigenvalue weighted by molar-refractivity contribution is -0.157. The lowest BCUT2D eigenvalue weighted by Gasteiger charge is -2.18. The van der Waals surface area contributed by atoms with Crippen molar-refractivity contribution in [1.82, 2.24) is 0 Å². The average Bonchev–Trinajstić information content (AvgIpc) is 3.10. The van der Waals surface area contributed by atoms with Gasteiger partial charge in [-0.2, -0.15) is 0 Å². The molecule has 2 aromatic rings. The molecule has 0 saturated carbocycles. The minimum Gasteiger partial charge on any atom is -0.452 e. The molecule has 29 heavy (non-hydrogen) atoms. The Morgan fingerprint density at radius 2 is 2.00 bits per heavy atom. The maximum absolute atomic E-state index is 13.2. The molecule has 1 saturated heterocycles. The maximum Gasteiger partial charge on any atom is 0.312 e. The molecule has 0 unspecified atom stereocenters. The predicted molar refractivity (Wildman–Crippen MR) is 109 cm³/mol. The first-order valence-corrected chi connectivity index (χ1v) is 10.3. The minimum absolute atomic E-state index is 0.0283. The number of halogens is 1. The third-order valence-corrected chi connectivity index (χ3v) is 5.30. The van der Waals surface area contributed by atoms with Gasteiger partial charge < -0.3 is 15.0 Å². The van der Waals surface area contributed by atoms with Crippen molar-refractivity contribution in [3.05, 3.63) is 54.3 Å². The fourth-order valence-corrected chi connectivity index (χ4v) is 3.48. The summed E-state index contributed by atoms with van der Waals surface area (Å²) < 4.78 is 18.5. The highest BCUT2D eigenvalue weighted by molar-refractivity contribution is 7.98. The molecular formula is C21H21FN2O4S. The number of carbonyl (C=O) groups is 3. The third kappa shape index (κ3) is 5.14. The van der Waals surface area contributed by atoms with Gasteiger partial charge in [0.2, 0.25) is 5.91 Å². The molecule has 0 radical (unpaired) electrons. The molecule has 1 aliphatic heterocycles. The van der Waals surface area contributed by atoms with Gasteiger partial charge in [-0.1, -0.05) is 12.1 Å². The molecule has 2 aromatic carbocycles. The number of nitrogens with one attached hydrogen (secondary N) is 1. The van der Waals surface area contributed by atoms with Crippen LogP contribution in [0.2, 0.25) is 0 Å². The number of esters is 1. The molecule has 0 bridgehead atoms. The zero-order chi connectivity index (χ0) is 21.0. The Morgan fingerprint density at radius 3 is 2.72 bits per heavy atom. The van der Waals surface area contributed by atoms with Gasteiger partial charge in [-0.05, 0) is 49.6 Å². The van der Waals surface area contributed by atoms with Crippen LogP contribution < -0.4 is 10.2 Å². The van der Waals surface area contributed by atoms with E-state index in [0.29, 0.717) is 0 Å². The van der Waals surface area contributed by atoms with E-state index in [9.17, 15) is 18.8 Å². The molecule has 1 heterocycles. The lowest BCUT2D eigenvalue weighted by atomic mass is 10.1. The highest BCUT2D eigenvalue weighted by Gasteiger charge is 2.37. The van der Waals surface area contributed by atoms with E-state index in [4.69, 9.17) is 4.74 Å². The number of amides is 2. The van der Waals surface area contributed by atoms with Gasteiger partial charge in [0.05, 0.1) is 5.92 Å². The van der Waals surface area contributed by atoms with Crippen molar-refractivity contribution in [3.8, 4) is 0 Å². The monoisotopic (exact) mass is 416 g/mol. The summed E-state index contributed by atoms with van der Waals surface area (Å²) in [6.07, 6.45) is 0.900. The number of carbonyl (C=O) groups excluding carboxylic acids is 3. The Morgan fingerprint density at radius 1 is 1.24 bits per heavy atom. The molecule has 3 rings (SSSR count). The molecule has 1 aliphatic rings. The maximum atomic E-state index is 13.2. The van der Waals surface area contributed by atoms with Crippen molar-refractivity contribution >= 4 is 40.9 Å². The minimum atomic E-state index is -1.07. The first-order chi connectivity index (χ1) is 13.9. The molecule has 6 nitrogen and oxygen atoms in total. The Bertz CT molecular complexity index is 936. The fourth-order valence-electron chi connectivity index (χ4n) is 3.03. The van der Waals surface area contributed by atoms with Crippen LogP contribution in [-0.2, 0) is 19.1 Å². The predicted octanol–water partition coefficient (Wildman–Crippen LogP) is 3.47. The van der Waals surface area contributed by atoms with Gasteiger partial charge in [0, 0.05) is 29.2 Å². The second kappa shape index (κ2) is 9.09. The van der Waals surface area contributed by atoms with Gasteiger partial charge in [-0.15, -0.1) is 11.8 Å². The molecule has 1 fully saturated rings. The van der Waals surface area contributed by atoms with E-state index < -0.39 is 29.7 Å². The summed E-state index contributed by atoms with van der Waals surface area (Å²) in [5.41, 5.74) is 1.00.